The number of likely N-dealkylation sites (N-methyl/N-ethyl adjacent to an activating group) is 1. The molecule has 0 radical (unpaired) electrons. The van der Waals surface area contributed by atoms with Crippen molar-refractivity contribution in [3.8, 4) is 0 Å². The van der Waals surface area contributed by atoms with Gasteiger partial charge in [0.15, 0.2) is 0 Å². The van der Waals surface area contributed by atoms with Gasteiger partial charge in [-0.05, 0) is 19.0 Å². The number of anilines is 1. The molecule has 1 atom stereocenters. The quantitative estimate of drug-likeness (QED) is 0.615. The molecule has 1 aromatic carbocycles. The van der Waals surface area contributed by atoms with E-state index in [4.69, 9.17) is 4.74 Å². The first-order chi connectivity index (χ1) is 8.75. The van der Waals surface area contributed by atoms with E-state index in [1.807, 2.05) is 31.3 Å². The number of carbonyl (C=O) groups excluding carboxylic acids is 1. The maximum Gasteiger partial charge on any atom is 0.248 e. The van der Waals surface area contributed by atoms with E-state index in [1.54, 1.807) is 4.90 Å². The second-order valence-electron chi connectivity index (χ2n) is 4.23. The van der Waals surface area contributed by atoms with Crippen LogP contribution in [0.4, 0.5) is 5.69 Å². The van der Waals surface area contributed by atoms with Gasteiger partial charge in [-0.25, -0.2) is 0 Å². The zero-order valence-electron chi connectivity index (χ0n) is 10.6. The molecule has 0 fully saturated rings. The molecule has 0 spiro atoms. The molecule has 1 N–H and O–H groups in total. The van der Waals surface area contributed by atoms with E-state index in [0.717, 1.165) is 24.2 Å². The Morgan fingerprint density at radius 3 is 3.06 bits per heavy atom. The van der Waals surface area contributed by atoms with Crippen molar-refractivity contribution in [2.24, 2.45) is 0 Å². The number of carbonyl (C=O) groups is 1. The van der Waals surface area contributed by atoms with Crippen LogP contribution >= 0.6 is 0 Å². The maximum absolute atomic E-state index is 12.1. The molecule has 1 aliphatic heterocycles. The van der Waals surface area contributed by atoms with Crippen LogP contribution in [-0.2, 0) is 9.53 Å². The summed E-state index contributed by atoms with van der Waals surface area (Å²) in [5.41, 5.74) is 2.04. The van der Waals surface area contributed by atoms with Crippen LogP contribution in [0.3, 0.4) is 0 Å². The van der Waals surface area contributed by atoms with Gasteiger partial charge in [-0.3, -0.25) is 4.79 Å². The van der Waals surface area contributed by atoms with Crippen molar-refractivity contribution in [1.82, 2.24) is 5.32 Å². The molecule has 96 valence electrons. The standard InChI is InChI=1S/C14H18N2O2/c1-3-18-10-6-9-15-13-11-7-4-5-8-12(11)16(2)14(13)17/h3-5,7-8,13,15H,1,6,9-10H2,2H3. The molecular formula is C14H18N2O2. The molecule has 0 aromatic heterocycles. The van der Waals surface area contributed by atoms with Gasteiger partial charge in [-0.2, -0.15) is 0 Å². The molecule has 0 saturated carbocycles. The average molecular weight is 246 g/mol. The summed E-state index contributed by atoms with van der Waals surface area (Å²) in [7, 11) is 1.81. The topological polar surface area (TPSA) is 41.6 Å². The molecule has 4 nitrogen and oxygen atoms in total. The molecule has 18 heavy (non-hydrogen) atoms. The molecule has 0 bridgehead atoms. The van der Waals surface area contributed by atoms with Crippen LogP contribution in [0.25, 0.3) is 0 Å². The van der Waals surface area contributed by atoms with Gasteiger partial charge < -0.3 is 15.0 Å². The first kappa shape index (κ1) is 12.6. The Balaban J connectivity index is 1.97. The minimum Gasteiger partial charge on any atom is -0.502 e. The highest BCUT2D eigenvalue weighted by atomic mass is 16.5. The molecule has 1 amide bonds. The largest absolute Gasteiger partial charge is 0.502 e. The summed E-state index contributed by atoms with van der Waals surface area (Å²) in [6.07, 6.45) is 2.28. The van der Waals surface area contributed by atoms with Crippen LogP contribution in [0.15, 0.2) is 37.1 Å². The highest BCUT2D eigenvalue weighted by Crippen LogP contribution is 2.34. The summed E-state index contributed by atoms with van der Waals surface area (Å²) in [6.45, 7) is 4.85. The number of fused-ring (bicyclic) bond motifs is 1. The van der Waals surface area contributed by atoms with E-state index in [2.05, 4.69) is 11.9 Å². The number of para-hydroxylation sites is 1. The number of rotatable bonds is 6. The molecule has 1 aliphatic rings. The third-order valence-electron chi connectivity index (χ3n) is 3.09. The van der Waals surface area contributed by atoms with Crippen molar-refractivity contribution in [2.75, 3.05) is 25.1 Å². The molecular weight excluding hydrogens is 228 g/mol. The zero-order chi connectivity index (χ0) is 13.0. The summed E-state index contributed by atoms with van der Waals surface area (Å²) >= 11 is 0. The Morgan fingerprint density at radius 2 is 2.28 bits per heavy atom. The van der Waals surface area contributed by atoms with Gasteiger partial charge in [0, 0.05) is 18.3 Å². The number of nitrogens with zero attached hydrogens (tertiary/aromatic N) is 1. The molecule has 4 heteroatoms. The summed E-state index contributed by atoms with van der Waals surface area (Å²) in [5.74, 6) is 0.0980. The van der Waals surface area contributed by atoms with Crippen LogP contribution in [0.5, 0.6) is 0 Å². The predicted octanol–water partition coefficient (Wildman–Crippen LogP) is 1.84. The van der Waals surface area contributed by atoms with Crippen LogP contribution in [-0.4, -0.2) is 26.1 Å². The molecule has 2 rings (SSSR count). The van der Waals surface area contributed by atoms with E-state index < -0.39 is 0 Å². The van der Waals surface area contributed by atoms with Crippen LogP contribution in [0, 0.1) is 0 Å². The fourth-order valence-electron chi connectivity index (χ4n) is 2.16. The summed E-state index contributed by atoms with van der Waals surface area (Å²) < 4.78 is 5.04. The van der Waals surface area contributed by atoms with Gasteiger partial charge >= 0.3 is 0 Å². The Labute approximate surface area is 107 Å². The van der Waals surface area contributed by atoms with Gasteiger partial charge in [0.25, 0.3) is 0 Å². The summed E-state index contributed by atoms with van der Waals surface area (Å²) in [5, 5.41) is 3.27. The monoisotopic (exact) mass is 246 g/mol. The van der Waals surface area contributed by atoms with Gasteiger partial charge in [0.05, 0.1) is 12.9 Å². The maximum atomic E-state index is 12.1. The lowest BCUT2D eigenvalue weighted by atomic mass is 10.1. The third-order valence-corrected chi connectivity index (χ3v) is 3.09. The smallest absolute Gasteiger partial charge is 0.248 e. The van der Waals surface area contributed by atoms with Crippen molar-refractivity contribution >= 4 is 11.6 Å². The van der Waals surface area contributed by atoms with Crippen LogP contribution < -0.4 is 10.2 Å². The molecule has 1 heterocycles. The summed E-state index contributed by atoms with van der Waals surface area (Å²) in [4.78, 5) is 13.8. The van der Waals surface area contributed by atoms with Crippen molar-refractivity contribution in [1.29, 1.82) is 0 Å². The Hall–Kier alpha value is -1.81. The first-order valence-corrected chi connectivity index (χ1v) is 6.08. The number of nitrogens with one attached hydrogen (secondary N) is 1. The minimum absolute atomic E-state index is 0.0980. The zero-order valence-corrected chi connectivity index (χ0v) is 10.6. The lowest BCUT2D eigenvalue weighted by molar-refractivity contribution is -0.119. The first-order valence-electron chi connectivity index (χ1n) is 6.08. The van der Waals surface area contributed by atoms with Crippen LogP contribution in [0.2, 0.25) is 0 Å². The number of hydrogen-bond acceptors (Lipinski definition) is 3. The normalized spacial score (nSPS) is 17.7. The average Bonchev–Trinajstić information content (AvgIpc) is 2.64. The Bertz CT molecular complexity index is 445. The number of ether oxygens (including phenoxy) is 1. The van der Waals surface area contributed by atoms with Crippen molar-refractivity contribution in [2.45, 2.75) is 12.5 Å². The van der Waals surface area contributed by atoms with E-state index in [9.17, 15) is 4.79 Å². The highest BCUT2D eigenvalue weighted by Gasteiger charge is 2.33. The highest BCUT2D eigenvalue weighted by molar-refractivity contribution is 6.04. The van der Waals surface area contributed by atoms with Crippen molar-refractivity contribution in [3.63, 3.8) is 0 Å². The SMILES string of the molecule is C=COCCCNC1C(=O)N(C)c2ccccc21. The second kappa shape index (κ2) is 5.69. The molecule has 1 unspecified atom stereocenters. The lowest BCUT2D eigenvalue weighted by Crippen LogP contribution is -2.33. The van der Waals surface area contributed by atoms with Gasteiger partial charge in [-0.15, -0.1) is 0 Å². The number of hydrogen-bond donors (Lipinski definition) is 1. The van der Waals surface area contributed by atoms with Crippen LogP contribution in [0.1, 0.15) is 18.0 Å². The lowest BCUT2D eigenvalue weighted by Gasteiger charge is -2.12. The van der Waals surface area contributed by atoms with Gasteiger partial charge in [0.2, 0.25) is 5.91 Å². The fraction of sp³-hybridized carbons (Fsp3) is 0.357. The predicted molar refractivity (Wildman–Crippen MR) is 71.4 cm³/mol. The van der Waals surface area contributed by atoms with E-state index in [-0.39, 0.29) is 11.9 Å². The van der Waals surface area contributed by atoms with Crippen molar-refractivity contribution < 1.29 is 9.53 Å². The van der Waals surface area contributed by atoms with Crippen molar-refractivity contribution in [3.05, 3.63) is 42.7 Å². The number of amides is 1. The second-order valence-corrected chi connectivity index (χ2v) is 4.23. The Kier molecular flexibility index (Phi) is 3.99. The molecule has 0 saturated heterocycles. The third kappa shape index (κ3) is 2.38. The van der Waals surface area contributed by atoms with E-state index in [1.165, 1.54) is 6.26 Å². The minimum atomic E-state index is -0.227. The number of benzene rings is 1. The molecule has 1 aromatic rings. The summed E-state index contributed by atoms with van der Waals surface area (Å²) in [6, 6.07) is 7.64. The van der Waals surface area contributed by atoms with Gasteiger partial charge in [-0.1, -0.05) is 24.8 Å². The van der Waals surface area contributed by atoms with Gasteiger partial charge in [0.1, 0.15) is 6.04 Å². The molecule has 0 aliphatic carbocycles. The Morgan fingerprint density at radius 1 is 1.50 bits per heavy atom. The van der Waals surface area contributed by atoms with E-state index in [0.29, 0.717) is 6.61 Å². The van der Waals surface area contributed by atoms with E-state index >= 15 is 0 Å². The fourth-order valence-corrected chi connectivity index (χ4v) is 2.16.